The topological polar surface area (TPSA) is 88.0 Å². The molecule has 0 spiro atoms. The third-order valence-corrected chi connectivity index (χ3v) is 4.05. The molecule has 2 N–H and O–H groups in total. The Labute approximate surface area is 146 Å². The summed E-state index contributed by atoms with van der Waals surface area (Å²) in [6.45, 7) is 4.05. The number of hydrogen-bond donors (Lipinski definition) is 2. The van der Waals surface area contributed by atoms with E-state index in [4.69, 9.17) is 0 Å². The first-order valence-electron chi connectivity index (χ1n) is 8.07. The Morgan fingerprint density at radius 1 is 1.12 bits per heavy atom. The lowest BCUT2D eigenvalue weighted by atomic mass is 9.86. The van der Waals surface area contributed by atoms with Gasteiger partial charge in [0.25, 0.3) is 0 Å². The Balaban J connectivity index is 1.64. The molecule has 3 aromatic rings. The summed E-state index contributed by atoms with van der Waals surface area (Å²) >= 11 is 0. The van der Waals surface area contributed by atoms with Gasteiger partial charge in [-0.1, -0.05) is 24.3 Å². The van der Waals surface area contributed by atoms with Gasteiger partial charge in [-0.3, -0.25) is 4.79 Å². The molecule has 0 aliphatic heterocycles. The molecule has 128 valence electrons. The van der Waals surface area contributed by atoms with Crippen LogP contribution in [0.4, 0.5) is 5.95 Å². The molecule has 6 heteroatoms. The maximum Gasteiger partial charge on any atom is 0.309 e. The summed E-state index contributed by atoms with van der Waals surface area (Å²) in [6.07, 6.45) is 3.95. The van der Waals surface area contributed by atoms with E-state index in [1.807, 2.05) is 36.4 Å². The van der Waals surface area contributed by atoms with E-state index in [2.05, 4.69) is 20.3 Å². The van der Waals surface area contributed by atoms with Crippen molar-refractivity contribution >= 4 is 23.0 Å². The zero-order valence-electron chi connectivity index (χ0n) is 14.2. The Hall–Kier alpha value is -3.02. The van der Waals surface area contributed by atoms with Gasteiger partial charge in [-0.2, -0.15) is 4.98 Å². The van der Waals surface area contributed by atoms with E-state index in [-0.39, 0.29) is 0 Å². The monoisotopic (exact) mass is 336 g/mol. The first-order chi connectivity index (χ1) is 11.9. The third kappa shape index (κ3) is 4.09. The van der Waals surface area contributed by atoms with Crippen LogP contribution < -0.4 is 5.32 Å². The molecule has 0 bridgehead atoms. The molecular weight excluding hydrogens is 316 g/mol. The molecule has 0 amide bonds. The number of pyridine rings is 1. The molecule has 0 aliphatic carbocycles. The first-order valence-corrected chi connectivity index (χ1v) is 8.07. The van der Waals surface area contributed by atoms with Crippen LogP contribution in [0.3, 0.4) is 0 Å². The number of nitrogens with one attached hydrogen (secondary N) is 1. The van der Waals surface area contributed by atoms with E-state index < -0.39 is 11.4 Å². The molecule has 0 unspecified atom stereocenters. The van der Waals surface area contributed by atoms with Crippen LogP contribution in [0.2, 0.25) is 0 Å². The highest BCUT2D eigenvalue weighted by Gasteiger charge is 2.27. The number of aliphatic carboxylic acids is 1. The van der Waals surface area contributed by atoms with Crippen LogP contribution in [0.15, 0.2) is 48.8 Å². The smallest absolute Gasteiger partial charge is 0.309 e. The number of carboxylic acids is 1. The molecule has 0 saturated carbocycles. The van der Waals surface area contributed by atoms with Crippen molar-refractivity contribution in [2.24, 2.45) is 5.41 Å². The summed E-state index contributed by atoms with van der Waals surface area (Å²) in [5.74, 6) is -0.261. The molecule has 2 aromatic heterocycles. The molecule has 0 saturated heterocycles. The van der Waals surface area contributed by atoms with Crippen molar-refractivity contribution in [1.82, 2.24) is 15.0 Å². The minimum atomic E-state index is -0.791. The Morgan fingerprint density at radius 3 is 2.56 bits per heavy atom. The van der Waals surface area contributed by atoms with Crippen LogP contribution in [-0.4, -0.2) is 26.0 Å². The summed E-state index contributed by atoms with van der Waals surface area (Å²) in [5, 5.41) is 13.3. The largest absolute Gasteiger partial charge is 0.481 e. The molecule has 6 nitrogen and oxygen atoms in total. The van der Waals surface area contributed by atoms with Crippen molar-refractivity contribution in [2.45, 2.75) is 26.8 Å². The molecule has 25 heavy (non-hydrogen) atoms. The van der Waals surface area contributed by atoms with Gasteiger partial charge in [0.15, 0.2) is 5.65 Å². The van der Waals surface area contributed by atoms with Crippen LogP contribution in [-0.2, 0) is 17.8 Å². The van der Waals surface area contributed by atoms with Crippen molar-refractivity contribution in [3.8, 4) is 0 Å². The number of rotatable bonds is 6. The van der Waals surface area contributed by atoms with Crippen molar-refractivity contribution in [2.75, 3.05) is 5.32 Å². The van der Waals surface area contributed by atoms with Crippen LogP contribution in [0.5, 0.6) is 0 Å². The van der Waals surface area contributed by atoms with E-state index >= 15 is 0 Å². The molecule has 0 aliphatic rings. The number of aromatic nitrogens is 3. The van der Waals surface area contributed by atoms with Crippen molar-refractivity contribution < 1.29 is 9.90 Å². The maximum atomic E-state index is 11.2. The second kappa shape index (κ2) is 6.84. The highest BCUT2D eigenvalue weighted by Crippen LogP contribution is 2.22. The lowest BCUT2D eigenvalue weighted by molar-refractivity contribution is -0.146. The number of nitrogens with zero attached hydrogens (tertiary/aromatic N) is 3. The molecule has 3 rings (SSSR count). The Bertz CT molecular complexity index is 891. The van der Waals surface area contributed by atoms with Gasteiger partial charge < -0.3 is 10.4 Å². The molecule has 0 fully saturated rings. The molecule has 1 aromatic carbocycles. The average Bonchev–Trinajstić information content (AvgIpc) is 2.60. The van der Waals surface area contributed by atoms with Crippen LogP contribution >= 0.6 is 0 Å². The first kappa shape index (κ1) is 16.8. The highest BCUT2D eigenvalue weighted by molar-refractivity contribution is 5.74. The normalized spacial score (nSPS) is 11.4. The Kier molecular flexibility index (Phi) is 4.61. The number of carboxylic acid groups (broad SMARTS) is 1. The van der Waals surface area contributed by atoms with Crippen LogP contribution in [0.25, 0.3) is 11.0 Å². The number of hydrogen-bond acceptors (Lipinski definition) is 5. The van der Waals surface area contributed by atoms with Crippen molar-refractivity contribution in [3.63, 3.8) is 0 Å². The highest BCUT2D eigenvalue weighted by atomic mass is 16.4. The fourth-order valence-corrected chi connectivity index (χ4v) is 2.49. The van der Waals surface area contributed by atoms with Gasteiger partial charge in [0, 0.05) is 24.3 Å². The third-order valence-electron chi connectivity index (χ3n) is 4.05. The fraction of sp³-hybridized carbons (Fsp3) is 0.263. The number of benzene rings is 1. The van der Waals surface area contributed by atoms with Gasteiger partial charge in [0.1, 0.15) is 0 Å². The predicted octanol–water partition coefficient (Wildman–Crippen LogP) is 3.29. The summed E-state index contributed by atoms with van der Waals surface area (Å²) in [7, 11) is 0. The molecule has 0 atom stereocenters. The minimum absolute atomic E-state index is 0.496. The summed E-state index contributed by atoms with van der Waals surface area (Å²) in [5.41, 5.74) is 1.96. The van der Waals surface area contributed by atoms with E-state index in [0.717, 1.165) is 16.5 Å². The molecular formula is C19H20N4O2. The van der Waals surface area contributed by atoms with Gasteiger partial charge in [0.05, 0.1) is 5.41 Å². The molecule has 2 heterocycles. The fourth-order valence-electron chi connectivity index (χ4n) is 2.49. The minimum Gasteiger partial charge on any atom is -0.481 e. The predicted molar refractivity (Wildman–Crippen MR) is 96.2 cm³/mol. The Morgan fingerprint density at radius 2 is 1.84 bits per heavy atom. The lowest BCUT2D eigenvalue weighted by Crippen LogP contribution is -2.26. The average molecular weight is 336 g/mol. The summed E-state index contributed by atoms with van der Waals surface area (Å²) in [6, 6.07) is 11.7. The van der Waals surface area contributed by atoms with Crippen LogP contribution in [0, 0.1) is 5.41 Å². The van der Waals surface area contributed by atoms with Gasteiger partial charge in [-0.05, 0) is 43.5 Å². The second-order valence-corrected chi connectivity index (χ2v) is 6.65. The van der Waals surface area contributed by atoms with Gasteiger partial charge in [-0.15, -0.1) is 0 Å². The number of carbonyl (C=O) groups is 1. The molecule has 0 radical (unpaired) electrons. The van der Waals surface area contributed by atoms with Gasteiger partial charge in [-0.25, -0.2) is 9.97 Å². The second-order valence-electron chi connectivity index (χ2n) is 6.65. The van der Waals surface area contributed by atoms with Gasteiger partial charge >= 0.3 is 5.97 Å². The van der Waals surface area contributed by atoms with E-state index in [1.165, 1.54) is 0 Å². The maximum absolute atomic E-state index is 11.2. The van der Waals surface area contributed by atoms with E-state index in [0.29, 0.717) is 24.6 Å². The standard InChI is InChI=1S/C19H20N4O2/c1-19(2,17(24)25)10-13-5-7-14(8-6-13)11-21-18-22-12-15-4-3-9-20-16(15)23-18/h3-9,12H,10-11H2,1-2H3,(H,24,25)(H,20,21,22,23). The quantitative estimate of drug-likeness (QED) is 0.718. The van der Waals surface area contributed by atoms with E-state index in [1.54, 1.807) is 26.2 Å². The van der Waals surface area contributed by atoms with E-state index in [9.17, 15) is 9.90 Å². The van der Waals surface area contributed by atoms with Gasteiger partial charge in [0.2, 0.25) is 5.95 Å². The zero-order valence-corrected chi connectivity index (χ0v) is 14.2. The summed E-state index contributed by atoms with van der Waals surface area (Å²) in [4.78, 5) is 24.1. The zero-order chi connectivity index (χ0) is 17.9. The number of fused-ring (bicyclic) bond motifs is 1. The summed E-state index contributed by atoms with van der Waals surface area (Å²) < 4.78 is 0. The van der Waals surface area contributed by atoms with Crippen LogP contribution in [0.1, 0.15) is 25.0 Å². The number of anilines is 1. The SMILES string of the molecule is CC(C)(Cc1ccc(CNc2ncc3cccnc3n2)cc1)C(=O)O. The van der Waals surface area contributed by atoms with Crippen molar-refractivity contribution in [3.05, 3.63) is 59.9 Å². The lowest BCUT2D eigenvalue weighted by Gasteiger charge is -2.19. The van der Waals surface area contributed by atoms with Crippen molar-refractivity contribution in [1.29, 1.82) is 0 Å².